The molecule has 6 heteroatoms. The summed E-state index contributed by atoms with van der Waals surface area (Å²) in [7, 11) is 4.06. The average Bonchev–Trinajstić information content (AvgIpc) is 2.99. The van der Waals surface area contributed by atoms with Crippen molar-refractivity contribution in [2.75, 3.05) is 18.1 Å². The van der Waals surface area contributed by atoms with Crippen molar-refractivity contribution in [2.24, 2.45) is 0 Å². The Morgan fingerprint density at radius 1 is 0.700 bits per heavy atom. The maximum Gasteiger partial charge on any atom is 0.274 e. The molecule has 0 aromatic heterocycles. The molecule has 0 spiro atoms. The topological polar surface area (TPSA) is 52.6 Å². The highest BCUT2D eigenvalue weighted by atomic mass is 33.1. The lowest BCUT2D eigenvalue weighted by Crippen LogP contribution is -2.24. The van der Waals surface area contributed by atoms with Crippen molar-refractivity contribution in [3.05, 3.63) is 83.4 Å². The Labute approximate surface area is 250 Å². The average molecular weight is 581 g/mol. The third-order valence-corrected chi connectivity index (χ3v) is 9.89. The number of fused-ring (bicyclic) bond motifs is 1. The Kier molecular flexibility index (Phi) is 16.2. The Balaban J connectivity index is 1.38. The van der Waals surface area contributed by atoms with E-state index >= 15 is 0 Å². The molecule has 3 rings (SSSR count). The van der Waals surface area contributed by atoms with E-state index in [4.69, 9.17) is 5.21 Å². The predicted octanol–water partition coefficient (Wildman–Crippen LogP) is 9.65. The summed E-state index contributed by atoms with van der Waals surface area (Å²) in [5.41, 5.74) is 4.65. The highest BCUT2D eigenvalue weighted by Crippen LogP contribution is 2.25. The number of nitrogens with zero attached hydrogens (tertiary/aromatic N) is 1. The molecule has 0 bridgehead atoms. The summed E-state index contributed by atoms with van der Waals surface area (Å²) in [6.07, 6.45) is 15.1. The fourth-order valence-electron chi connectivity index (χ4n) is 5.01. The van der Waals surface area contributed by atoms with Crippen molar-refractivity contribution in [3.63, 3.8) is 0 Å². The van der Waals surface area contributed by atoms with Gasteiger partial charge in [-0.3, -0.25) is 14.9 Å². The van der Waals surface area contributed by atoms with E-state index in [1.165, 1.54) is 91.9 Å². The van der Waals surface area contributed by atoms with Gasteiger partial charge >= 0.3 is 0 Å². The molecule has 0 heterocycles. The number of nitrogens with one attached hydrogen (secondary N) is 1. The zero-order valence-corrected chi connectivity index (χ0v) is 25.9. The molecule has 0 aliphatic heterocycles. The summed E-state index contributed by atoms with van der Waals surface area (Å²) >= 11 is 0. The molecular formula is C34H48N2O2S2. The fraction of sp³-hybridized carbons (Fsp3) is 0.500. The summed E-state index contributed by atoms with van der Waals surface area (Å²) in [4.78, 5) is 14.2. The zero-order chi connectivity index (χ0) is 28.3. The van der Waals surface area contributed by atoms with Crippen LogP contribution in [-0.2, 0) is 13.1 Å². The van der Waals surface area contributed by atoms with Crippen molar-refractivity contribution >= 4 is 38.3 Å². The first kappa shape index (κ1) is 32.5. The first-order valence-electron chi connectivity index (χ1n) is 15.2. The first-order chi connectivity index (χ1) is 19.7. The lowest BCUT2D eigenvalue weighted by atomic mass is 10.1. The summed E-state index contributed by atoms with van der Waals surface area (Å²) in [5.74, 6) is 1.94. The van der Waals surface area contributed by atoms with Crippen LogP contribution in [-0.4, -0.2) is 34.1 Å². The number of amides is 1. The molecule has 3 aromatic carbocycles. The highest BCUT2D eigenvalue weighted by Gasteiger charge is 2.10. The van der Waals surface area contributed by atoms with Crippen molar-refractivity contribution in [1.82, 2.24) is 10.4 Å². The Hall–Kier alpha value is -1.99. The van der Waals surface area contributed by atoms with Crippen molar-refractivity contribution in [3.8, 4) is 0 Å². The van der Waals surface area contributed by atoms with Gasteiger partial charge in [0.2, 0.25) is 0 Å². The number of hydroxylamine groups is 1. The largest absolute Gasteiger partial charge is 0.295 e. The SMILES string of the molecule is CCCCCCCCCCCCSSCCCN(Cc1ccc(C(=O)NO)cc1)Cc1ccc2ccccc2c1. The molecule has 2 N–H and O–H groups in total. The van der Waals surface area contributed by atoms with Crippen LogP contribution in [0.3, 0.4) is 0 Å². The maximum absolute atomic E-state index is 11.7. The molecule has 0 radical (unpaired) electrons. The Morgan fingerprint density at radius 3 is 1.95 bits per heavy atom. The van der Waals surface area contributed by atoms with Gasteiger partial charge in [0.15, 0.2) is 0 Å². The van der Waals surface area contributed by atoms with Gasteiger partial charge < -0.3 is 0 Å². The van der Waals surface area contributed by atoms with Crippen molar-refractivity contribution < 1.29 is 10.0 Å². The van der Waals surface area contributed by atoms with Gasteiger partial charge in [-0.15, -0.1) is 0 Å². The Bertz CT molecular complexity index is 1110. The van der Waals surface area contributed by atoms with Crippen molar-refractivity contribution in [1.29, 1.82) is 0 Å². The van der Waals surface area contributed by atoms with E-state index in [2.05, 4.69) is 54.3 Å². The van der Waals surface area contributed by atoms with Crippen LogP contribution < -0.4 is 5.48 Å². The molecule has 218 valence electrons. The van der Waals surface area contributed by atoms with E-state index < -0.39 is 5.91 Å². The number of unbranched alkanes of at least 4 members (excludes halogenated alkanes) is 9. The van der Waals surface area contributed by atoms with Gasteiger partial charge in [-0.25, -0.2) is 5.48 Å². The molecule has 0 saturated carbocycles. The summed E-state index contributed by atoms with van der Waals surface area (Å²) in [5, 5.41) is 11.4. The van der Waals surface area contributed by atoms with E-state index in [1.54, 1.807) is 17.6 Å². The standard InChI is InChI=1S/C34H48N2O2S2/c1-2-3-4-5-6-7-8-9-10-13-24-39-40-25-14-23-36(27-29-17-21-32(22-18-29)34(37)35-38)28-30-19-20-31-15-11-12-16-33(31)26-30/h11-12,15-22,26,38H,2-10,13-14,23-25,27-28H2,1H3,(H,35,37). The molecule has 1 amide bonds. The third-order valence-electron chi connectivity index (χ3n) is 7.31. The fourth-order valence-corrected chi connectivity index (χ4v) is 7.23. The molecule has 3 aromatic rings. The number of hydrogen-bond acceptors (Lipinski definition) is 5. The minimum atomic E-state index is -0.480. The first-order valence-corrected chi connectivity index (χ1v) is 17.7. The molecule has 0 aliphatic carbocycles. The number of hydrogen-bond donors (Lipinski definition) is 2. The van der Waals surface area contributed by atoms with Gasteiger partial charge in [0.25, 0.3) is 5.91 Å². The van der Waals surface area contributed by atoms with E-state index in [0.29, 0.717) is 5.56 Å². The van der Waals surface area contributed by atoms with E-state index in [-0.39, 0.29) is 0 Å². The molecule has 0 unspecified atom stereocenters. The van der Waals surface area contributed by atoms with Crippen LogP contribution in [0.2, 0.25) is 0 Å². The van der Waals surface area contributed by atoms with E-state index in [1.807, 2.05) is 33.7 Å². The number of carbonyl (C=O) groups excluding carboxylic acids is 1. The summed E-state index contributed by atoms with van der Waals surface area (Å²) < 4.78 is 0. The zero-order valence-electron chi connectivity index (χ0n) is 24.3. The van der Waals surface area contributed by atoms with Crippen molar-refractivity contribution in [2.45, 2.75) is 90.6 Å². The van der Waals surface area contributed by atoms with Crippen LogP contribution in [0.15, 0.2) is 66.7 Å². The lowest BCUT2D eigenvalue weighted by molar-refractivity contribution is 0.0706. The third kappa shape index (κ3) is 12.7. The maximum atomic E-state index is 11.7. The molecule has 40 heavy (non-hydrogen) atoms. The second kappa shape index (κ2) is 20.0. The number of carbonyl (C=O) groups is 1. The second-order valence-corrected chi connectivity index (χ2v) is 13.4. The molecule has 0 atom stereocenters. The van der Waals surface area contributed by atoms with Crippen LogP contribution in [0.25, 0.3) is 10.8 Å². The molecule has 4 nitrogen and oxygen atoms in total. The predicted molar refractivity (Wildman–Crippen MR) is 175 cm³/mol. The van der Waals surface area contributed by atoms with Gasteiger partial charge in [0, 0.05) is 30.2 Å². The summed E-state index contributed by atoms with van der Waals surface area (Å²) in [6, 6.07) is 22.8. The molecule has 0 saturated heterocycles. The quantitative estimate of drug-likeness (QED) is 0.0568. The Morgan fingerprint density at radius 2 is 1.27 bits per heavy atom. The number of rotatable bonds is 21. The lowest BCUT2D eigenvalue weighted by Gasteiger charge is -2.23. The minimum absolute atomic E-state index is 0.461. The smallest absolute Gasteiger partial charge is 0.274 e. The van der Waals surface area contributed by atoms with E-state index in [0.717, 1.165) is 31.8 Å². The molecule has 0 fully saturated rings. The van der Waals surface area contributed by atoms with Gasteiger partial charge in [0.1, 0.15) is 0 Å². The minimum Gasteiger partial charge on any atom is -0.295 e. The van der Waals surface area contributed by atoms with Crippen LogP contribution in [0.4, 0.5) is 0 Å². The monoisotopic (exact) mass is 580 g/mol. The second-order valence-electron chi connectivity index (χ2n) is 10.7. The van der Waals surface area contributed by atoms with Crippen LogP contribution in [0.1, 0.15) is 99.0 Å². The van der Waals surface area contributed by atoms with Gasteiger partial charge in [-0.2, -0.15) is 0 Å². The van der Waals surface area contributed by atoms with Gasteiger partial charge in [-0.1, -0.05) is 135 Å². The van der Waals surface area contributed by atoms with Gasteiger partial charge in [0.05, 0.1) is 0 Å². The molecular weight excluding hydrogens is 533 g/mol. The summed E-state index contributed by atoms with van der Waals surface area (Å²) in [6.45, 7) is 5.02. The normalized spacial score (nSPS) is 11.4. The van der Waals surface area contributed by atoms with Gasteiger partial charge in [-0.05, 0) is 59.5 Å². The molecule has 0 aliphatic rings. The van der Waals surface area contributed by atoms with Crippen LogP contribution in [0, 0.1) is 0 Å². The number of benzene rings is 3. The van der Waals surface area contributed by atoms with Crippen LogP contribution in [0.5, 0.6) is 0 Å². The van der Waals surface area contributed by atoms with E-state index in [9.17, 15) is 4.79 Å². The van der Waals surface area contributed by atoms with Crippen LogP contribution >= 0.6 is 21.6 Å². The highest BCUT2D eigenvalue weighted by molar-refractivity contribution is 8.76.